The van der Waals surface area contributed by atoms with Crippen LogP contribution in [0.25, 0.3) is 11.1 Å². The Kier molecular flexibility index (Phi) is 7.00. The van der Waals surface area contributed by atoms with E-state index >= 15 is 0 Å². The molecular formula is C25H36O2Si. The number of hydrogen-bond donors (Lipinski definition) is 0. The standard InChI is InChI=1S/C25H36O2Si/c1-5-7-17-28(3,4)24-14-10-22(11-15-24)21-8-12-23(13-9-21)27-20-25(16-6-2)18-26-19-25/h8-15H,5-7,16-20H2,1-4H3. The van der Waals surface area contributed by atoms with E-state index < -0.39 is 8.07 Å². The van der Waals surface area contributed by atoms with Crippen LogP contribution in [0.4, 0.5) is 0 Å². The molecular weight excluding hydrogens is 360 g/mol. The molecule has 0 aromatic heterocycles. The minimum absolute atomic E-state index is 0.234. The third-order valence-electron chi connectivity index (χ3n) is 6.15. The summed E-state index contributed by atoms with van der Waals surface area (Å²) in [6, 6.07) is 19.2. The summed E-state index contributed by atoms with van der Waals surface area (Å²) in [6.45, 7) is 11.9. The Hall–Kier alpha value is -1.58. The molecule has 0 spiro atoms. The first-order valence-electron chi connectivity index (χ1n) is 10.9. The summed E-state index contributed by atoms with van der Waals surface area (Å²) in [5, 5.41) is 1.56. The van der Waals surface area contributed by atoms with E-state index in [1.165, 1.54) is 42.9 Å². The first-order valence-corrected chi connectivity index (χ1v) is 14.1. The fraction of sp³-hybridized carbons (Fsp3) is 0.520. The van der Waals surface area contributed by atoms with E-state index in [2.05, 4.69) is 75.5 Å². The van der Waals surface area contributed by atoms with Gasteiger partial charge in [0.2, 0.25) is 0 Å². The maximum Gasteiger partial charge on any atom is 0.119 e. The van der Waals surface area contributed by atoms with Crippen molar-refractivity contribution in [3.05, 3.63) is 48.5 Å². The van der Waals surface area contributed by atoms with Crippen LogP contribution in [0, 0.1) is 5.41 Å². The quantitative estimate of drug-likeness (QED) is 0.441. The molecule has 1 aliphatic rings. The van der Waals surface area contributed by atoms with Crippen LogP contribution < -0.4 is 9.92 Å². The van der Waals surface area contributed by atoms with Gasteiger partial charge in [-0.05, 0) is 29.7 Å². The average molecular weight is 397 g/mol. The van der Waals surface area contributed by atoms with Crippen molar-refractivity contribution in [3.63, 3.8) is 0 Å². The summed E-state index contributed by atoms with van der Waals surface area (Å²) in [5.74, 6) is 0.954. The van der Waals surface area contributed by atoms with Crippen LogP contribution in [0.5, 0.6) is 5.75 Å². The van der Waals surface area contributed by atoms with Gasteiger partial charge in [-0.1, -0.05) is 93.8 Å². The second kappa shape index (κ2) is 9.28. The number of unbranched alkanes of at least 4 members (excludes halogenated alkanes) is 1. The van der Waals surface area contributed by atoms with Crippen LogP contribution in [0.1, 0.15) is 39.5 Å². The molecule has 0 unspecified atom stereocenters. The topological polar surface area (TPSA) is 18.5 Å². The van der Waals surface area contributed by atoms with Crippen molar-refractivity contribution in [1.29, 1.82) is 0 Å². The molecule has 0 aliphatic carbocycles. The van der Waals surface area contributed by atoms with Gasteiger partial charge in [0, 0.05) is 0 Å². The number of benzene rings is 2. The lowest BCUT2D eigenvalue weighted by molar-refractivity contribution is -0.136. The fourth-order valence-corrected chi connectivity index (χ4v) is 6.67. The molecule has 2 aromatic carbocycles. The van der Waals surface area contributed by atoms with Crippen LogP contribution in [0.15, 0.2) is 48.5 Å². The van der Waals surface area contributed by atoms with Gasteiger partial charge in [0.05, 0.1) is 33.3 Å². The lowest BCUT2D eigenvalue weighted by Crippen LogP contribution is -2.47. The summed E-state index contributed by atoms with van der Waals surface area (Å²) in [6.07, 6.45) is 4.98. The van der Waals surface area contributed by atoms with Crippen molar-refractivity contribution in [1.82, 2.24) is 0 Å². The number of ether oxygens (including phenoxy) is 2. The molecule has 2 aromatic rings. The van der Waals surface area contributed by atoms with Crippen LogP contribution in [0.3, 0.4) is 0 Å². The zero-order valence-electron chi connectivity index (χ0n) is 18.1. The van der Waals surface area contributed by atoms with Crippen LogP contribution in [0.2, 0.25) is 19.1 Å². The van der Waals surface area contributed by atoms with Crippen LogP contribution >= 0.6 is 0 Å². The highest BCUT2D eigenvalue weighted by molar-refractivity contribution is 6.89. The smallest absolute Gasteiger partial charge is 0.119 e. The molecule has 0 amide bonds. The number of hydrogen-bond acceptors (Lipinski definition) is 2. The molecule has 0 radical (unpaired) electrons. The Morgan fingerprint density at radius 3 is 2.00 bits per heavy atom. The van der Waals surface area contributed by atoms with Gasteiger partial charge in [-0.3, -0.25) is 0 Å². The van der Waals surface area contributed by atoms with E-state index in [-0.39, 0.29) is 5.41 Å². The summed E-state index contributed by atoms with van der Waals surface area (Å²) >= 11 is 0. The van der Waals surface area contributed by atoms with E-state index in [1.54, 1.807) is 5.19 Å². The van der Waals surface area contributed by atoms with Gasteiger partial charge in [0.25, 0.3) is 0 Å². The van der Waals surface area contributed by atoms with E-state index in [0.717, 1.165) is 25.6 Å². The molecule has 3 heteroatoms. The molecule has 28 heavy (non-hydrogen) atoms. The second-order valence-electron chi connectivity index (χ2n) is 9.12. The molecule has 1 saturated heterocycles. The van der Waals surface area contributed by atoms with Gasteiger partial charge in [-0.15, -0.1) is 0 Å². The molecule has 0 atom stereocenters. The Bertz CT molecular complexity index is 730. The molecule has 1 aliphatic heterocycles. The highest BCUT2D eigenvalue weighted by atomic mass is 28.3. The molecule has 3 rings (SSSR count). The van der Waals surface area contributed by atoms with Crippen molar-refractivity contribution < 1.29 is 9.47 Å². The monoisotopic (exact) mass is 396 g/mol. The number of rotatable bonds is 10. The lowest BCUT2D eigenvalue weighted by Gasteiger charge is -2.41. The fourth-order valence-electron chi connectivity index (χ4n) is 4.08. The van der Waals surface area contributed by atoms with Gasteiger partial charge >= 0.3 is 0 Å². The Balaban J connectivity index is 1.61. The highest BCUT2D eigenvalue weighted by Crippen LogP contribution is 2.33. The zero-order valence-corrected chi connectivity index (χ0v) is 19.1. The largest absolute Gasteiger partial charge is 0.493 e. The van der Waals surface area contributed by atoms with Crippen molar-refractivity contribution >= 4 is 13.3 Å². The lowest BCUT2D eigenvalue weighted by atomic mass is 9.82. The molecule has 0 bridgehead atoms. The van der Waals surface area contributed by atoms with Crippen LogP contribution in [-0.4, -0.2) is 27.9 Å². The van der Waals surface area contributed by atoms with Crippen molar-refractivity contribution in [2.45, 2.75) is 58.7 Å². The molecule has 0 N–H and O–H groups in total. The van der Waals surface area contributed by atoms with E-state index in [9.17, 15) is 0 Å². The maximum atomic E-state index is 6.08. The van der Waals surface area contributed by atoms with Gasteiger partial charge in [-0.2, -0.15) is 0 Å². The first-order chi connectivity index (χ1) is 13.5. The minimum atomic E-state index is -1.30. The third-order valence-corrected chi connectivity index (χ3v) is 9.65. The molecule has 1 heterocycles. The van der Waals surface area contributed by atoms with Gasteiger partial charge in [0.15, 0.2) is 0 Å². The predicted octanol–water partition coefficient (Wildman–Crippen LogP) is 6.26. The minimum Gasteiger partial charge on any atom is -0.493 e. The van der Waals surface area contributed by atoms with E-state index in [0.29, 0.717) is 0 Å². The van der Waals surface area contributed by atoms with Crippen LogP contribution in [-0.2, 0) is 4.74 Å². The molecule has 0 saturated carbocycles. The molecule has 1 fully saturated rings. The van der Waals surface area contributed by atoms with Gasteiger partial charge < -0.3 is 9.47 Å². The van der Waals surface area contributed by atoms with Crippen molar-refractivity contribution in [3.8, 4) is 16.9 Å². The summed E-state index contributed by atoms with van der Waals surface area (Å²) in [4.78, 5) is 0. The summed E-state index contributed by atoms with van der Waals surface area (Å²) in [7, 11) is -1.30. The summed E-state index contributed by atoms with van der Waals surface area (Å²) in [5.41, 5.74) is 2.77. The first kappa shape index (κ1) is 21.1. The van der Waals surface area contributed by atoms with E-state index in [1.807, 2.05) is 0 Å². The second-order valence-corrected chi connectivity index (χ2v) is 14.0. The molecule has 152 valence electrons. The van der Waals surface area contributed by atoms with Crippen molar-refractivity contribution in [2.75, 3.05) is 19.8 Å². The molecule has 2 nitrogen and oxygen atoms in total. The summed E-state index contributed by atoms with van der Waals surface area (Å²) < 4.78 is 11.5. The third kappa shape index (κ3) is 5.06. The predicted molar refractivity (Wildman–Crippen MR) is 122 cm³/mol. The SMILES string of the molecule is CCCC[Si](C)(C)c1ccc(-c2ccc(OCC3(CCC)COC3)cc2)cc1. The normalized spacial score (nSPS) is 15.9. The average Bonchev–Trinajstić information content (AvgIpc) is 2.69. The Morgan fingerprint density at radius 2 is 1.50 bits per heavy atom. The van der Waals surface area contributed by atoms with Gasteiger partial charge in [0.1, 0.15) is 5.75 Å². The zero-order chi connectivity index (χ0) is 20.0. The Labute approximate surface area is 172 Å². The van der Waals surface area contributed by atoms with Gasteiger partial charge in [-0.25, -0.2) is 0 Å². The maximum absolute atomic E-state index is 6.08. The van der Waals surface area contributed by atoms with E-state index in [4.69, 9.17) is 9.47 Å². The highest BCUT2D eigenvalue weighted by Gasteiger charge is 2.38. The van der Waals surface area contributed by atoms with Crippen molar-refractivity contribution in [2.24, 2.45) is 5.41 Å². The Morgan fingerprint density at radius 1 is 0.893 bits per heavy atom.